The number of likely N-dealkylation sites (N-methyl/N-ethyl adjacent to an activating group) is 2. The lowest BCUT2D eigenvalue weighted by molar-refractivity contribution is 0.271. The maximum absolute atomic E-state index is 12.7. The molecule has 1 aromatic carbocycles. The summed E-state index contributed by atoms with van der Waals surface area (Å²) in [7, 11) is 0.260. The minimum Gasteiger partial charge on any atom is -0.326 e. The first-order chi connectivity index (χ1) is 9.86. The summed E-state index contributed by atoms with van der Waals surface area (Å²) in [6.45, 7) is 3.87. The first-order valence-electron chi connectivity index (χ1n) is 7.32. The standard InChI is InChI=1S/C15H25N3O2S/c1-12-6-7-15(9-13(12)10-16)21(19,20)18(3)11-14-5-4-8-17(14)2/h6-7,9,14H,4-5,8,10-11,16H2,1-3H3. The number of aryl methyl sites for hydroxylation is 1. The molecular weight excluding hydrogens is 286 g/mol. The molecule has 0 spiro atoms. The van der Waals surface area contributed by atoms with Gasteiger partial charge in [0.25, 0.3) is 0 Å². The van der Waals surface area contributed by atoms with Crippen molar-refractivity contribution >= 4 is 10.0 Å². The van der Waals surface area contributed by atoms with Crippen molar-refractivity contribution in [2.45, 2.75) is 37.2 Å². The van der Waals surface area contributed by atoms with Gasteiger partial charge in [-0.1, -0.05) is 6.07 Å². The number of hydrogen-bond donors (Lipinski definition) is 1. The highest BCUT2D eigenvalue weighted by Gasteiger charge is 2.28. The van der Waals surface area contributed by atoms with Gasteiger partial charge >= 0.3 is 0 Å². The maximum atomic E-state index is 12.7. The predicted octanol–water partition coefficient (Wildman–Crippen LogP) is 1.17. The molecule has 0 aromatic heterocycles. The smallest absolute Gasteiger partial charge is 0.242 e. The molecule has 0 saturated carbocycles. The molecule has 5 nitrogen and oxygen atoms in total. The van der Waals surface area contributed by atoms with Crippen LogP contribution in [0, 0.1) is 6.92 Å². The quantitative estimate of drug-likeness (QED) is 0.886. The van der Waals surface area contributed by atoms with Crippen molar-refractivity contribution in [2.24, 2.45) is 5.73 Å². The Hall–Kier alpha value is -0.950. The topological polar surface area (TPSA) is 66.6 Å². The summed E-state index contributed by atoms with van der Waals surface area (Å²) in [4.78, 5) is 2.56. The summed E-state index contributed by atoms with van der Waals surface area (Å²) in [5.74, 6) is 0. The van der Waals surface area contributed by atoms with Gasteiger partial charge in [0, 0.05) is 26.2 Å². The second kappa shape index (κ2) is 6.44. The highest BCUT2D eigenvalue weighted by molar-refractivity contribution is 7.89. The second-order valence-electron chi connectivity index (χ2n) is 5.85. The van der Waals surface area contributed by atoms with Crippen LogP contribution in [-0.4, -0.2) is 50.8 Å². The fourth-order valence-electron chi connectivity index (χ4n) is 2.81. The van der Waals surface area contributed by atoms with E-state index in [1.54, 1.807) is 19.2 Å². The zero-order valence-corrected chi connectivity index (χ0v) is 13.9. The van der Waals surface area contributed by atoms with Crippen molar-refractivity contribution in [2.75, 3.05) is 27.2 Å². The molecule has 1 aromatic rings. The van der Waals surface area contributed by atoms with E-state index in [1.165, 1.54) is 4.31 Å². The van der Waals surface area contributed by atoms with Crippen LogP contribution >= 0.6 is 0 Å². The first kappa shape index (κ1) is 16.4. The molecular formula is C15H25N3O2S. The number of likely N-dealkylation sites (tertiary alicyclic amines) is 1. The van der Waals surface area contributed by atoms with Gasteiger partial charge in [-0.05, 0) is 56.6 Å². The van der Waals surface area contributed by atoms with Gasteiger partial charge in [-0.25, -0.2) is 8.42 Å². The fourth-order valence-corrected chi connectivity index (χ4v) is 4.07. The molecule has 0 aliphatic carbocycles. The summed E-state index contributed by atoms with van der Waals surface area (Å²) in [5.41, 5.74) is 7.57. The SMILES string of the molecule is Cc1ccc(S(=O)(=O)N(C)CC2CCCN2C)cc1CN. The van der Waals surface area contributed by atoms with Gasteiger partial charge in [0.1, 0.15) is 0 Å². The zero-order valence-electron chi connectivity index (χ0n) is 13.0. The van der Waals surface area contributed by atoms with E-state index in [-0.39, 0.29) is 0 Å². The molecule has 118 valence electrons. The Bertz CT molecular complexity index is 601. The van der Waals surface area contributed by atoms with Crippen molar-refractivity contribution in [3.05, 3.63) is 29.3 Å². The summed E-state index contributed by atoms with van der Waals surface area (Å²) < 4.78 is 26.8. The Morgan fingerprint density at radius 3 is 2.71 bits per heavy atom. The third kappa shape index (κ3) is 3.45. The minimum absolute atomic E-state index is 0.309. The highest BCUT2D eigenvalue weighted by Crippen LogP contribution is 2.21. The molecule has 0 amide bonds. The van der Waals surface area contributed by atoms with Crippen LogP contribution in [0.5, 0.6) is 0 Å². The predicted molar refractivity (Wildman–Crippen MR) is 84.5 cm³/mol. The largest absolute Gasteiger partial charge is 0.326 e. The van der Waals surface area contributed by atoms with Gasteiger partial charge in [-0.2, -0.15) is 4.31 Å². The molecule has 0 bridgehead atoms. The minimum atomic E-state index is -3.45. The van der Waals surface area contributed by atoms with Crippen LogP contribution in [0.15, 0.2) is 23.1 Å². The van der Waals surface area contributed by atoms with Gasteiger partial charge in [-0.3, -0.25) is 0 Å². The molecule has 6 heteroatoms. The lowest BCUT2D eigenvalue weighted by Crippen LogP contribution is -2.39. The monoisotopic (exact) mass is 311 g/mol. The zero-order chi connectivity index (χ0) is 15.6. The van der Waals surface area contributed by atoms with E-state index in [4.69, 9.17) is 5.73 Å². The Labute approximate surface area is 127 Å². The molecule has 2 rings (SSSR count). The summed E-state index contributed by atoms with van der Waals surface area (Å²) in [6.07, 6.45) is 2.19. The Morgan fingerprint density at radius 1 is 1.43 bits per heavy atom. The number of hydrogen-bond acceptors (Lipinski definition) is 4. The normalized spacial score (nSPS) is 20.3. The molecule has 1 fully saturated rings. The van der Waals surface area contributed by atoms with Gasteiger partial charge in [-0.15, -0.1) is 0 Å². The number of nitrogens with two attached hydrogens (primary N) is 1. The van der Waals surface area contributed by atoms with Gasteiger partial charge in [0.05, 0.1) is 4.90 Å². The van der Waals surface area contributed by atoms with Gasteiger partial charge in [0.15, 0.2) is 0 Å². The number of rotatable bonds is 5. The van der Waals surface area contributed by atoms with E-state index < -0.39 is 10.0 Å². The average molecular weight is 311 g/mol. The second-order valence-corrected chi connectivity index (χ2v) is 7.90. The molecule has 2 N–H and O–H groups in total. The van der Waals surface area contributed by atoms with E-state index in [2.05, 4.69) is 11.9 Å². The summed E-state index contributed by atoms with van der Waals surface area (Å²) in [5, 5.41) is 0. The molecule has 1 saturated heterocycles. The first-order valence-corrected chi connectivity index (χ1v) is 8.76. The maximum Gasteiger partial charge on any atom is 0.242 e. The third-order valence-electron chi connectivity index (χ3n) is 4.39. The van der Waals surface area contributed by atoms with Crippen molar-refractivity contribution < 1.29 is 8.42 Å². The van der Waals surface area contributed by atoms with Crippen LogP contribution in [0.3, 0.4) is 0 Å². The lowest BCUT2D eigenvalue weighted by Gasteiger charge is -2.25. The van der Waals surface area contributed by atoms with E-state index in [1.807, 2.05) is 13.0 Å². The third-order valence-corrected chi connectivity index (χ3v) is 6.21. The van der Waals surface area contributed by atoms with Crippen molar-refractivity contribution in [1.82, 2.24) is 9.21 Å². The van der Waals surface area contributed by atoms with Crippen LogP contribution in [0.4, 0.5) is 0 Å². The summed E-state index contributed by atoms with van der Waals surface area (Å²) in [6, 6.07) is 5.49. The van der Waals surface area contributed by atoms with Crippen molar-refractivity contribution in [3.63, 3.8) is 0 Å². The molecule has 1 heterocycles. The molecule has 21 heavy (non-hydrogen) atoms. The molecule has 1 unspecified atom stereocenters. The van der Waals surface area contributed by atoms with Crippen LogP contribution < -0.4 is 5.73 Å². The molecule has 1 atom stereocenters. The molecule has 1 aliphatic rings. The van der Waals surface area contributed by atoms with Gasteiger partial charge in [0.2, 0.25) is 10.0 Å². The van der Waals surface area contributed by atoms with E-state index >= 15 is 0 Å². The molecule has 1 aliphatic heterocycles. The van der Waals surface area contributed by atoms with Crippen LogP contribution in [0.2, 0.25) is 0 Å². The number of benzene rings is 1. The van der Waals surface area contributed by atoms with E-state index in [0.717, 1.165) is 30.5 Å². The van der Waals surface area contributed by atoms with Crippen molar-refractivity contribution in [3.8, 4) is 0 Å². The van der Waals surface area contributed by atoms with Crippen molar-refractivity contribution in [1.29, 1.82) is 0 Å². The van der Waals surface area contributed by atoms with Crippen LogP contribution in [0.1, 0.15) is 24.0 Å². The van der Waals surface area contributed by atoms with Crippen LogP contribution in [-0.2, 0) is 16.6 Å². The lowest BCUT2D eigenvalue weighted by atomic mass is 10.1. The highest BCUT2D eigenvalue weighted by atomic mass is 32.2. The Morgan fingerprint density at radius 2 is 2.14 bits per heavy atom. The van der Waals surface area contributed by atoms with E-state index in [9.17, 15) is 8.42 Å². The Balaban J connectivity index is 2.20. The summed E-state index contributed by atoms with van der Waals surface area (Å²) >= 11 is 0. The number of nitrogens with zero attached hydrogens (tertiary/aromatic N) is 2. The molecule has 0 radical (unpaired) electrons. The Kier molecular flexibility index (Phi) is 5.03. The fraction of sp³-hybridized carbons (Fsp3) is 0.600. The van der Waals surface area contributed by atoms with Crippen LogP contribution in [0.25, 0.3) is 0 Å². The van der Waals surface area contributed by atoms with E-state index in [0.29, 0.717) is 24.0 Å². The van der Waals surface area contributed by atoms with Gasteiger partial charge < -0.3 is 10.6 Å². The average Bonchev–Trinajstić information content (AvgIpc) is 2.84. The number of sulfonamides is 1.